The predicted octanol–water partition coefficient (Wildman–Crippen LogP) is 2.09. The van der Waals surface area contributed by atoms with E-state index in [-0.39, 0.29) is 0 Å². The van der Waals surface area contributed by atoms with Crippen LogP contribution in [0, 0.1) is 0 Å². The normalized spacial score (nSPS) is 17.4. The Morgan fingerprint density at radius 1 is 1.17 bits per heavy atom. The van der Waals surface area contributed by atoms with E-state index >= 15 is 0 Å². The summed E-state index contributed by atoms with van der Waals surface area (Å²) in [5.74, 6) is 2.74. The van der Waals surface area contributed by atoms with Gasteiger partial charge in [0.2, 0.25) is 5.75 Å². The third kappa shape index (κ3) is 2.01. The summed E-state index contributed by atoms with van der Waals surface area (Å²) < 4.78 is 16.3. The maximum absolute atomic E-state index is 5.68. The molecule has 0 spiro atoms. The van der Waals surface area contributed by atoms with Crippen molar-refractivity contribution in [3.8, 4) is 17.2 Å². The van der Waals surface area contributed by atoms with E-state index in [0.717, 1.165) is 30.8 Å². The molecule has 1 aromatic carbocycles. The summed E-state index contributed by atoms with van der Waals surface area (Å²) in [5, 5.41) is 0. The zero-order valence-electron chi connectivity index (χ0n) is 11.3. The van der Waals surface area contributed by atoms with Crippen molar-refractivity contribution in [2.45, 2.75) is 25.2 Å². The number of ether oxygens (including phenoxy) is 3. The van der Waals surface area contributed by atoms with E-state index in [0.29, 0.717) is 18.2 Å². The van der Waals surface area contributed by atoms with E-state index in [1.807, 2.05) is 0 Å². The summed E-state index contributed by atoms with van der Waals surface area (Å²) in [6, 6.07) is 2.07. The number of benzene rings is 1. The van der Waals surface area contributed by atoms with Crippen molar-refractivity contribution in [2.75, 3.05) is 27.9 Å². The van der Waals surface area contributed by atoms with Crippen molar-refractivity contribution < 1.29 is 14.2 Å². The Balaban J connectivity index is 2.52. The molecule has 0 radical (unpaired) electrons. The second-order valence-electron chi connectivity index (χ2n) is 4.53. The molecule has 2 rings (SSSR count). The second kappa shape index (κ2) is 5.48. The van der Waals surface area contributed by atoms with Crippen LogP contribution in [0.4, 0.5) is 0 Å². The molecule has 100 valence electrons. The van der Waals surface area contributed by atoms with Crippen LogP contribution in [0.2, 0.25) is 0 Å². The van der Waals surface area contributed by atoms with Gasteiger partial charge >= 0.3 is 0 Å². The molecule has 2 N–H and O–H groups in total. The van der Waals surface area contributed by atoms with Crippen molar-refractivity contribution in [1.82, 2.24) is 0 Å². The lowest BCUT2D eigenvalue weighted by molar-refractivity contribution is 0.322. The average Bonchev–Trinajstić information content (AvgIpc) is 2.79. The highest BCUT2D eigenvalue weighted by atomic mass is 16.5. The van der Waals surface area contributed by atoms with Gasteiger partial charge in [-0.15, -0.1) is 0 Å². The first-order valence-electron chi connectivity index (χ1n) is 6.28. The van der Waals surface area contributed by atoms with Gasteiger partial charge in [0.1, 0.15) is 0 Å². The molecule has 4 heteroatoms. The van der Waals surface area contributed by atoms with E-state index in [1.54, 1.807) is 21.3 Å². The fourth-order valence-electron chi connectivity index (χ4n) is 2.83. The third-order valence-corrected chi connectivity index (χ3v) is 3.67. The molecule has 1 aromatic rings. The van der Waals surface area contributed by atoms with Crippen molar-refractivity contribution in [1.29, 1.82) is 0 Å². The third-order valence-electron chi connectivity index (χ3n) is 3.67. The van der Waals surface area contributed by atoms with Gasteiger partial charge in [-0.2, -0.15) is 0 Å². The number of fused-ring (bicyclic) bond motifs is 1. The van der Waals surface area contributed by atoms with Gasteiger partial charge in [-0.1, -0.05) is 0 Å². The molecule has 0 bridgehead atoms. The Bertz CT molecular complexity index is 432. The van der Waals surface area contributed by atoms with Crippen molar-refractivity contribution >= 4 is 0 Å². The molecule has 1 aliphatic rings. The van der Waals surface area contributed by atoms with E-state index in [2.05, 4.69) is 6.07 Å². The first kappa shape index (κ1) is 13.0. The maximum atomic E-state index is 5.68. The van der Waals surface area contributed by atoms with E-state index in [4.69, 9.17) is 19.9 Å². The van der Waals surface area contributed by atoms with Crippen LogP contribution < -0.4 is 19.9 Å². The van der Waals surface area contributed by atoms with E-state index < -0.39 is 0 Å². The molecular formula is C14H21NO3. The SMILES string of the molecule is COc1cc2c(c(OC)c1OC)CCC2CCN. The number of rotatable bonds is 5. The minimum Gasteiger partial charge on any atom is -0.493 e. The summed E-state index contributed by atoms with van der Waals surface area (Å²) in [5.41, 5.74) is 8.22. The molecule has 0 heterocycles. The number of hydrogen-bond donors (Lipinski definition) is 1. The zero-order valence-corrected chi connectivity index (χ0v) is 11.3. The first-order chi connectivity index (χ1) is 8.76. The molecule has 0 fully saturated rings. The lowest BCUT2D eigenvalue weighted by Crippen LogP contribution is -2.05. The highest BCUT2D eigenvalue weighted by molar-refractivity contribution is 5.61. The van der Waals surface area contributed by atoms with Crippen molar-refractivity contribution in [2.24, 2.45) is 5.73 Å². The molecule has 1 aliphatic carbocycles. The van der Waals surface area contributed by atoms with Crippen LogP contribution in [-0.2, 0) is 6.42 Å². The fourth-order valence-corrected chi connectivity index (χ4v) is 2.83. The predicted molar refractivity (Wildman–Crippen MR) is 70.8 cm³/mol. The van der Waals surface area contributed by atoms with Crippen molar-refractivity contribution in [3.05, 3.63) is 17.2 Å². The van der Waals surface area contributed by atoms with Gasteiger partial charge in [0, 0.05) is 5.56 Å². The molecule has 0 amide bonds. The summed E-state index contributed by atoms with van der Waals surface area (Å²) in [6.07, 6.45) is 3.15. The topological polar surface area (TPSA) is 53.7 Å². The smallest absolute Gasteiger partial charge is 0.203 e. The summed E-state index contributed by atoms with van der Waals surface area (Å²) in [6.45, 7) is 0.709. The van der Waals surface area contributed by atoms with Crippen LogP contribution in [-0.4, -0.2) is 27.9 Å². The van der Waals surface area contributed by atoms with Gasteiger partial charge in [0.25, 0.3) is 0 Å². The Kier molecular flexibility index (Phi) is 3.97. The highest BCUT2D eigenvalue weighted by Gasteiger charge is 2.29. The lowest BCUT2D eigenvalue weighted by Gasteiger charge is -2.17. The highest BCUT2D eigenvalue weighted by Crippen LogP contribution is 2.49. The number of nitrogens with two attached hydrogens (primary N) is 1. The minimum atomic E-state index is 0.513. The molecule has 0 aliphatic heterocycles. The van der Waals surface area contributed by atoms with Crippen LogP contribution in [0.25, 0.3) is 0 Å². The molecule has 0 aromatic heterocycles. The Labute approximate surface area is 108 Å². The Morgan fingerprint density at radius 3 is 2.44 bits per heavy atom. The molecule has 1 atom stereocenters. The number of methoxy groups -OCH3 is 3. The minimum absolute atomic E-state index is 0.513. The number of hydrogen-bond acceptors (Lipinski definition) is 4. The second-order valence-corrected chi connectivity index (χ2v) is 4.53. The van der Waals surface area contributed by atoms with Crippen LogP contribution in [0.3, 0.4) is 0 Å². The van der Waals surface area contributed by atoms with E-state index in [1.165, 1.54) is 11.1 Å². The molecular weight excluding hydrogens is 230 g/mol. The quantitative estimate of drug-likeness (QED) is 0.870. The fraction of sp³-hybridized carbons (Fsp3) is 0.571. The van der Waals surface area contributed by atoms with Crippen LogP contribution in [0.1, 0.15) is 29.9 Å². The Morgan fingerprint density at radius 2 is 1.89 bits per heavy atom. The zero-order chi connectivity index (χ0) is 13.1. The molecule has 1 unspecified atom stereocenters. The van der Waals surface area contributed by atoms with Crippen LogP contribution in [0.15, 0.2) is 6.07 Å². The van der Waals surface area contributed by atoms with Gasteiger partial charge in [-0.25, -0.2) is 0 Å². The molecule has 4 nitrogen and oxygen atoms in total. The Hall–Kier alpha value is -1.42. The molecule has 0 saturated carbocycles. The summed E-state index contributed by atoms with van der Waals surface area (Å²) in [7, 11) is 4.96. The van der Waals surface area contributed by atoms with E-state index in [9.17, 15) is 0 Å². The first-order valence-corrected chi connectivity index (χ1v) is 6.28. The van der Waals surface area contributed by atoms with Gasteiger partial charge in [-0.05, 0) is 43.4 Å². The molecule has 18 heavy (non-hydrogen) atoms. The average molecular weight is 251 g/mol. The van der Waals surface area contributed by atoms with Gasteiger partial charge < -0.3 is 19.9 Å². The largest absolute Gasteiger partial charge is 0.493 e. The standard InChI is InChI=1S/C14H21NO3/c1-16-12-8-11-9(6-7-15)4-5-10(11)13(17-2)14(12)18-3/h8-9H,4-7,15H2,1-3H3. The summed E-state index contributed by atoms with van der Waals surface area (Å²) in [4.78, 5) is 0. The van der Waals surface area contributed by atoms with Crippen LogP contribution >= 0.6 is 0 Å². The lowest BCUT2D eigenvalue weighted by atomic mass is 9.97. The van der Waals surface area contributed by atoms with Gasteiger partial charge in [0.05, 0.1) is 21.3 Å². The van der Waals surface area contributed by atoms with Gasteiger partial charge in [0.15, 0.2) is 11.5 Å². The maximum Gasteiger partial charge on any atom is 0.203 e. The summed E-state index contributed by atoms with van der Waals surface area (Å²) >= 11 is 0. The molecule has 0 saturated heterocycles. The monoisotopic (exact) mass is 251 g/mol. The van der Waals surface area contributed by atoms with Crippen molar-refractivity contribution in [3.63, 3.8) is 0 Å². The van der Waals surface area contributed by atoms with Crippen LogP contribution in [0.5, 0.6) is 17.2 Å². The van der Waals surface area contributed by atoms with Gasteiger partial charge in [-0.3, -0.25) is 0 Å².